The molecule has 21 rings (SSSR count). The minimum absolute atomic E-state index is 0.0578. The minimum Gasteiger partial charge on any atom is -0.481 e. The second-order valence-corrected chi connectivity index (χ2v) is 27.4. The molecule has 101 heavy (non-hydrogen) atoms. The molecule has 0 aromatic heterocycles. The van der Waals surface area contributed by atoms with Crippen LogP contribution in [0.2, 0.25) is 0 Å². The molecule has 43 heteroatoms. The zero-order valence-electron chi connectivity index (χ0n) is 54.3. The molecule has 41 nitrogen and oxygen atoms in total. The van der Waals surface area contributed by atoms with Gasteiger partial charge in [0, 0.05) is 42.8 Å². The first-order valence-electron chi connectivity index (χ1n) is 32.6. The van der Waals surface area contributed by atoms with E-state index < -0.39 is 296 Å². The first-order valence-corrected chi connectivity index (χ1v) is 34.9. The highest BCUT2D eigenvalue weighted by Crippen LogP contribution is 2.40. The van der Waals surface area contributed by atoms with Crippen LogP contribution in [-0.4, -0.2) is 422 Å². The summed E-state index contributed by atoms with van der Waals surface area (Å²) in [5.41, 5.74) is 0. The van der Waals surface area contributed by atoms with Gasteiger partial charge in [0.2, 0.25) is 0 Å². The van der Waals surface area contributed by atoms with Crippen molar-refractivity contribution in [3.8, 4) is 0 Å². The number of hydrogen-bond acceptors (Lipinski definition) is 41. The number of ether oxygens (including phenoxy) is 16. The van der Waals surface area contributed by atoms with Gasteiger partial charge in [-0.15, -0.1) is 0 Å². The van der Waals surface area contributed by atoms with Crippen molar-refractivity contribution in [2.24, 2.45) is 11.8 Å². The Balaban J connectivity index is 1.09. The van der Waals surface area contributed by atoms with Crippen molar-refractivity contribution in [1.29, 1.82) is 0 Å². The van der Waals surface area contributed by atoms with E-state index in [4.69, 9.17) is 75.8 Å². The number of carbonyl (C=O) groups excluding carboxylic acids is 2. The van der Waals surface area contributed by atoms with E-state index in [1.807, 2.05) is 0 Å². The van der Waals surface area contributed by atoms with Gasteiger partial charge in [-0.1, -0.05) is 6.92 Å². The summed E-state index contributed by atoms with van der Waals surface area (Å²) in [6.07, 6.45) is -73.0. The number of aliphatic hydroxyl groups is 19. The lowest BCUT2D eigenvalue weighted by molar-refractivity contribution is -0.395. The lowest BCUT2D eigenvalue weighted by Crippen LogP contribution is -2.68. The molecule has 0 spiro atoms. The van der Waals surface area contributed by atoms with E-state index >= 15 is 0 Å². The van der Waals surface area contributed by atoms with Crippen molar-refractivity contribution in [2.75, 3.05) is 75.9 Å². The van der Waals surface area contributed by atoms with Crippen molar-refractivity contribution in [3.63, 3.8) is 0 Å². The highest BCUT2D eigenvalue weighted by Gasteiger charge is 2.60. The number of carboxylic acid groups (broad SMARTS) is 2. The number of carbonyl (C=O) groups is 4. The van der Waals surface area contributed by atoms with Crippen LogP contribution in [0.5, 0.6) is 0 Å². The van der Waals surface area contributed by atoms with E-state index in [2.05, 4.69) is 0 Å². The molecule has 16 unspecified atom stereocenters. The number of rotatable bonds is 24. The Morgan fingerprint density at radius 3 is 0.832 bits per heavy atom. The third-order valence-electron chi connectivity index (χ3n) is 18.3. The summed E-state index contributed by atoms with van der Waals surface area (Å²) < 4.78 is 92.6. The van der Waals surface area contributed by atoms with E-state index in [-0.39, 0.29) is 49.9 Å². The summed E-state index contributed by atoms with van der Waals surface area (Å²) in [6.45, 7) is -3.07. The summed E-state index contributed by atoms with van der Waals surface area (Å²) in [7, 11) is 0. The number of thioether (sulfide) groups is 2. The molecule has 0 saturated carbocycles. The van der Waals surface area contributed by atoms with Gasteiger partial charge in [0.1, 0.15) is 171 Å². The molecule has 584 valence electrons. The normalized spacial score (nSPS) is 45.5. The van der Waals surface area contributed by atoms with Gasteiger partial charge < -0.3 is 183 Å². The molecular formula is C58H94O41S2. The zero-order valence-corrected chi connectivity index (χ0v) is 56.0. The standard InChI is InChI=1S/C58H94O41S2/c1-3-19(50(80)81)14-100-16-27-48-34(71)41(78)57(91-27)96-46-25(12-62)87-53(37(74)30(46)67)93-43-22(9-59)86-52(36(73)29(43)66)94-44-24(11-61)90-56(40(77)33(44)70)99-49-28(17-101-15-20(51(82)83)8-21(65)4-5-84-6-7-85-18(2)64)92-58(42(79)35(49)72)97-47-26(13-63)88-54(38(75)31(47)68)95-45-23(10-60)89-55(98-48)39(76)32(45)69/h19-20,22-49,52-63,66-79H,3-17H2,1-2H3,(H,80,81)(H,82,83)/t19?,20?,22?,23?,24?,25?,26?,27?,28?,29-,30-,31-,32-,33-,34-,35-,36?,37?,38?,39?,40?,41?,42?,43-,44-,45-,46-,47-,48-,49-,52-,53-,54+,55+,56-,57+,58-/m1/s1. The largest absolute Gasteiger partial charge is 0.481 e. The van der Waals surface area contributed by atoms with Gasteiger partial charge >= 0.3 is 17.9 Å². The molecule has 21 N–H and O–H groups in total. The molecule has 37 atom stereocenters. The van der Waals surface area contributed by atoms with Crippen molar-refractivity contribution >= 4 is 47.2 Å². The lowest BCUT2D eigenvalue weighted by atomic mass is 9.95. The fourth-order valence-electron chi connectivity index (χ4n) is 12.5. The molecule has 0 aliphatic carbocycles. The second kappa shape index (κ2) is 38.5. The van der Waals surface area contributed by atoms with E-state index in [9.17, 15) is 126 Å². The number of aliphatic hydroxyl groups excluding tert-OH is 19. The summed E-state index contributed by atoms with van der Waals surface area (Å²) in [5.74, 6) is -7.31. The number of Topliss-reactive ketones (excluding diaryl/α,β-unsaturated/α-hetero) is 1. The maximum absolute atomic E-state index is 12.9. The Morgan fingerprint density at radius 2 is 0.594 bits per heavy atom. The van der Waals surface area contributed by atoms with Crippen LogP contribution in [-0.2, 0) is 95.0 Å². The number of esters is 1. The highest BCUT2D eigenvalue weighted by molar-refractivity contribution is 7.99. The molecule has 21 aliphatic rings. The topological polar surface area (TPSA) is 641 Å². The van der Waals surface area contributed by atoms with E-state index in [0.717, 1.165) is 23.5 Å². The average molecular weight is 1510 g/mol. The van der Waals surface area contributed by atoms with Gasteiger partial charge in [0.15, 0.2) is 44.0 Å². The molecule has 21 saturated heterocycles. The number of ketones is 1. The molecule has 14 bridgehead atoms. The summed E-state index contributed by atoms with van der Waals surface area (Å²) in [5, 5.41) is 237. The van der Waals surface area contributed by atoms with Crippen molar-refractivity contribution in [3.05, 3.63) is 0 Å². The van der Waals surface area contributed by atoms with Crippen LogP contribution in [0.25, 0.3) is 0 Å². The van der Waals surface area contributed by atoms with Crippen molar-refractivity contribution in [1.82, 2.24) is 0 Å². The Labute approximate surface area is 583 Å². The predicted molar refractivity (Wildman–Crippen MR) is 323 cm³/mol. The number of carboxylic acids is 2. The number of hydrogen-bond donors (Lipinski definition) is 21. The van der Waals surface area contributed by atoms with Crippen LogP contribution in [0.15, 0.2) is 0 Å². The molecule has 21 fully saturated rings. The zero-order chi connectivity index (χ0) is 74.0. The first kappa shape index (κ1) is 84.0. The summed E-state index contributed by atoms with van der Waals surface area (Å²) >= 11 is 1.71. The van der Waals surface area contributed by atoms with Gasteiger partial charge in [-0.3, -0.25) is 19.2 Å². The molecule has 21 aliphatic heterocycles. The quantitative estimate of drug-likeness (QED) is 0.0315. The highest BCUT2D eigenvalue weighted by atomic mass is 32.2. The predicted octanol–water partition coefficient (Wildman–Crippen LogP) is -12.0. The Bertz CT molecular complexity index is 2570. The van der Waals surface area contributed by atoms with Gasteiger partial charge in [-0.25, -0.2) is 0 Å². The summed E-state index contributed by atoms with van der Waals surface area (Å²) in [4.78, 5) is 48.5. The van der Waals surface area contributed by atoms with Gasteiger partial charge in [0.25, 0.3) is 0 Å². The number of aliphatic carboxylic acids is 2. The van der Waals surface area contributed by atoms with Crippen molar-refractivity contribution < 1.29 is 202 Å². The maximum Gasteiger partial charge on any atom is 0.307 e. The smallest absolute Gasteiger partial charge is 0.307 e. The third kappa shape index (κ3) is 20.0. The Kier molecular flexibility index (Phi) is 32.0. The van der Waals surface area contributed by atoms with E-state index in [0.29, 0.717) is 0 Å². The maximum atomic E-state index is 12.9. The Morgan fingerprint density at radius 1 is 0.347 bits per heavy atom. The minimum atomic E-state index is -2.31. The van der Waals surface area contributed by atoms with Gasteiger partial charge in [-0.2, -0.15) is 23.5 Å². The monoisotopic (exact) mass is 1510 g/mol. The van der Waals surface area contributed by atoms with Crippen LogP contribution in [0.4, 0.5) is 0 Å². The first-order chi connectivity index (χ1) is 48.0. The van der Waals surface area contributed by atoms with Gasteiger partial charge in [0.05, 0.1) is 70.3 Å². The molecule has 0 amide bonds. The van der Waals surface area contributed by atoms with Crippen LogP contribution in [0.1, 0.15) is 33.1 Å². The SMILES string of the molecule is CCC(CSCC1O[C@H]2O[C@@H]3C(CO)O[C@H](O[C@@H]4C(CO)O[C@H](O[C@@H]5C(CO)O[C@H](O[C@@H]6C(CSCC(CC(=O)CCOCCOC(C)=O)C(=O)O)O[C@H](O[C@@H]7C(CO)O[C@@H](O[C@@H]8C(CO)O[C@@H](O[C@H]1[C@H](O)C2O)C(O)[C@H]8O)C(O)[C@H]7O)C(O)[C@H]6O)C(O)[C@H]5O)C(O)[C@H]4O)C(O)[C@H]3O)C(=O)O. The van der Waals surface area contributed by atoms with Crippen molar-refractivity contribution in [2.45, 2.75) is 248 Å². The fourth-order valence-corrected chi connectivity index (χ4v) is 15.0. The molecule has 0 radical (unpaired) electrons. The third-order valence-corrected chi connectivity index (χ3v) is 20.8. The second-order valence-electron chi connectivity index (χ2n) is 25.3. The van der Waals surface area contributed by atoms with Crippen LogP contribution < -0.4 is 0 Å². The molecular weight excluding hydrogens is 1420 g/mol. The lowest BCUT2D eigenvalue weighted by Gasteiger charge is -2.50. The Hall–Kier alpha value is -2.58. The van der Waals surface area contributed by atoms with Gasteiger partial charge in [-0.05, 0) is 6.42 Å². The average Bonchev–Trinajstić information content (AvgIpc) is 0.787. The van der Waals surface area contributed by atoms with E-state index in [1.165, 1.54) is 6.92 Å². The molecule has 21 heterocycles. The van der Waals surface area contributed by atoms with Crippen LogP contribution in [0.3, 0.4) is 0 Å². The van der Waals surface area contributed by atoms with Crippen LogP contribution >= 0.6 is 23.5 Å². The summed E-state index contributed by atoms with van der Waals surface area (Å²) in [6, 6.07) is 0. The van der Waals surface area contributed by atoms with E-state index in [1.54, 1.807) is 6.92 Å². The fraction of sp³-hybridized carbons (Fsp3) is 0.931. The molecule has 0 aromatic carbocycles. The van der Waals surface area contributed by atoms with Crippen LogP contribution in [0, 0.1) is 11.8 Å². The molecule has 0 aromatic rings.